The Kier molecular flexibility index (Phi) is 1.96. The second-order valence-corrected chi connectivity index (χ2v) is 5.71. The third-order valence-corrected chi connectivity index (χ3v) is 5.02. The number of hydrogen-bond donors (Lipinski definition) is 0. The van der Waals surface area contributed by atoms with Crippen LogP contribution in [0.25, 0.3) is 0 Å². The lowest BCUT2D eigenvalue weighted by molar-refractivity contribution is -0.154. The van der Waals surface area contributed by atoms with Crippen LogP contribution in [0.2, 0.25) is 0 Å². The van der Waals surface area contributed by atoms with Crippen LogP contribution in [0.5, 0.6) is 0 Å². The van der Waals surface area contributed by atoms with Gasteiger partial charge in [-0.25, -0.2) is 0 Å². The Labute approximate surface area is 86.0 Å². The average molecular weight is 196 g/mol. The summed E-state index contributed by atoms with van der Waals surface area (Å²) in [5.74, 6) is 0.622. The normalized spacial score (nSPS) is 44.0. The van der Waals surface area contributed by atoms with E-state index in [1.54, 1.807) is 0 Å². The first kappa shape index (κ1) is 10.0. The van der Waals surface area contributed by atoms with E-state index >= 15 is 0 Å². The van der Waals surface area contributed by atoms with E-state index < -0.39 is 0 Å². The maximum absolute atomic E-state index is 11.0. The molecule has 0 N–H and O–H groups in total. The van der Waals surface area contributed by atoms with Crippen LogP contribution in [-0.2, 0) is 9.53 Å². The zero-order valence-corrected chi connectivity index (χ0v) is 9.59. The summed E-state index contributed by atoms with van der Waals surface area (Å²) in [5.41, 5.74) is 0.552. The molecule has 0 aromatic carbocycles. The summed E-state index contributed by atoms with van der Waals surface area (Å²) in [6, 6.07) is 0. The molecule has 1 unspecified atom stereocenters. The van der Waals surface area contributed by atoms with Crippen LogP contribution in [0.15, 0.2) is 0 Å². The molecule has 2 saturated carbocycles. The third-order valence-electron chi connectivity index (χ3n) is 5.02. The summed E-state index contributed by atoms with van der Waals surface area (Å²) in [6.07, 6.45) is 3.75. The Morgan fingerprint density at radius 2 is 2.00 bits per heavy atom. The average Bonchev–Trinajstić information content (AvgIpc) is 2.35. The predicted molar refractivity (Wildman–Crippen MR) is 54.8 cm³/mol. The fourth-order valence-electron chi connectivity index (χ4n) is 3.51. The summed E-state index contributed by atoms with van der Waals surface area (Å²) in [7, 11) is 0. The van der Waals surface area contributed by atoms with Gasteiger partial charge in [0.2, 0.25) is 0 Å². The second kappa shape index (κ2) is 2.74. The highest BCUT2D eigenvalue weighted by atomic mass is 16.5. The predicted octanol–water partition coefficient (Wildman–Crippen LogP) is 2.76. The van der Waals surface area contributed by atoms with E-state index in [-0.39, 0.29) is 17.5 Å². The van der Waals surface area contributed by atoms with E-state index in [9.17, 15) is 4.79 Å². The van der Waals surface area contributed by atoms with Gasteiger partial charge in [0, 0.05) is 12.3 Å². The minimum Gasteiger partial charge on any atom is -0.462 e. The third kappa shape index (κ3) is 1.06. The number of fused-ring (bicyclic) bond motifs is 2. The fraction of sp³-hybridized carbons (Fsp3) is 0.917. The van der Waals surface area contributed by atoms with Crippen molar-refractivity contribution in [1.29, 1.82) is 0 Å². The molecular weight excluding hydrogens is 176 g/mol. The van der Waals surface area contributed by atoms with Crippen LogP contribution in [0.4, 0.5) is 0 Å². The molecule has 0 heterocycles. The Balaban J connectivity index is 2.23. The van der Waals surface area contributed by atoms with Gasteiger partial charge in [-0.1, -0.05) is 20.8 Å². The molecule has 0 saturated heterocycles. The Morgan fingerprint density at radius 3 is 2.36 bits per heavy atom. The zero-order chi connectivity index (χ0) is 10.6. The molecule has 2 bridgehead atoms. The second-order valence-electron chi connectivity index (χ2n) is 5.71. The van der Waals surface area contributed by atoms with E-state index in [1.807, 2.05) is 0 Å². The minimum atomic E-state index is -0.125. The molecule has 0 aromatic rings. The van der Waals surface area contributed by atoms with Gasteiger partial charge in [-0.3, -0.25) is 4.79 Å². The van der Waals surface area contributed by atoms with E-state index in [1.165, 1.54) is 19.8 Å². The van der Waals surface area contributed by atoms with Crippen LogP contribution in [0.3, 0.4) is 0 Å². The van der Waals surface area contributed by atoms with Crippen LogP contribution >= 0.6 is 0 Å². The van der Waals surface area contributed by atoms with Crippen molar-refractivity contribution in [1.82, 2.24) is 0 Å². The van der Waals surface area contributed by atoms with Crippen LogP contribution in [-0.4, -0.2) is 12.1 Å². The first-order valence-electron chi connectivity index (χ1n) is 5.55. The number of ether oxygens (including phenoxy) is 1. The lowest BCUT2D eigenvalue weighted by Crippen LogP contribution is -2.37. The first-order chi connectivity index (χ1) is 6.38. The number of hydrogen-bond acceptors (Lipinski definition) is 2. The van der Waals surface area contributed by atoms with Crippen molar-refractivity contribution in [2.75, 3.05) is 0 Å². The van der Waals surface area contributed by atoms with Crippen molar-refractivity contribution in [2.24, 2.45) is 16.7 Å². The maximum atomic E-state index is 11.0. The standard InChI is InChI=1S/C12H20O2/c1-8(13)14-10-7-9-5-6-12(10,4)11(9,2)3/h9-10H,5-7H2,1-4H3/t9?,10-,12-/m0/s1. The molecule has 14 heavy (non-hydrogen) atoms. The lowest BCUT2D eigenvalue weighted by Gasteiger charge is -2.38. The van der Waals surface area contributed by atoms with Gasteiger partial charge in [0.1, 0.15) is 6.10 Å². The maximum Gasteiger partial charge on any atom is 0.302 e. The molecule has 2 aliphatic rings. The highest BCUT2D eigenvalue weighted by Crippen LogP contribution is 2.66. The van der Waals surface area contributed by atoms with Crippen molar-refractivity contribution >= 4 is 5.97 Å². The molecule has 2 aliphatic carbocycles. The zero-order valence-electron chi connectivity index (χ0n) is 9.59. The lowest BCUT2D eigenvalue weighted by atomic mass is 9.70. The van der Waals surface area contributed by atoms with E-state index in [2.05, 4.69) is 20.8 Å². The Hall–Kier alpha value is -0.530. The number of carbonyl (C=O) groups excluding carboxylic acids is 1. The van der Waals surface area contributed by atoms with E-state index in [4.69, 9.17) is 4.74 Å². The summed E-state index contributed by atoms with van der Waals surface area (Å²) >= 11 is 0. The van der Waals surface area contributed by atoms with Crippen molar-refractivity contribution in [3.8, 4) is 0 Å². The molecule has 2 nitrogen and oxygen atoms in total. The van der Waals surface area contributed by atoms with Crippen molar-refractivity contribution in [2.45, 2.75) is 53.1 Å². The van der Waals surface area contributed by atoms with Gasteiger partial charge < -0.3 is 4.74 Å². The van der Waals surface area contributed by atoms with Crippen LogP contribution < -0.4 is 0 Å². The monoisotopic (exact) mass is 196 g/mol. The van der Waals surface area contributed by atoms with Gasteiger partial charge in [0.25, 0.3) is 0 Å². The van der Waals surface area contributed by atoms with Crippen molar-refractivity contribution < 1.29 is 9.53 Å². The van der Waals surface area contributed by atoms with Gasteiger partial charge in [-0.15, -0.1) is 0 Å². The minimum absolute atomic E-state index is 0.125. The largest absolute Gasteiger partial charge is 0.462 e. The molecule has 3 atom stereocenters. The van der Waals surface area contributed by atoms with Gasteiger partial charge in [0.15, 0.2) is 0 Å². The summed E-state index contributed by atoms with van der Waals surface area (Å²) in [6.45, 7) is 8.46. The summed E-state index contributed by atoms with van der Waals surface area (Å²) in [4.78, 5) is 11.0. The first-order valence-corrected chi connectivity index (χ1v) is 5.55. The molecule has 2 rings (SSSR count). The molecule has 0 aromatic heterocycles. The SMILES string of the molecule is CC(=O)O[C@H]1CC2CC[C@]1(C)C2(C)C. The topological polar surface area (TPSA) is 26.3 Å². The highest BCUT2D eigenvalue weighted by Gasteiger charge is 2.62. The molecule has 0 spiro atoms. The fourth-order valence-corrected chi connectivity index (χ4v) is 3.51. The number of rotatable bonds is 1. The quantitative estimate of drug-likeness (QED) is 0.603. The van der Waals surface area contributed by atoms with Gasteiger partial charge >= 0.3 is 5.97 Å². The number of esters is 1. The molecule has 0 radical (unpaired) electrons. The van der Waals surface area contributed by atoms with E-state index in [0.717, 1.165) is 12.3 Å². The molecular formula is C12H20O2. The van der Waals surface area contributed by atoms with Gasteiger partial charge in [-0.05, 0) is 30.6 Å². The van der Waals surface area contributed by atoms with Gasteiger partial charge in [-0.2, -0.15) is 0 Å². The van der Waals surface area contributed by atoms with Crippen LogP contribution in [0.1, 0.15) is 47.0 Å². The molecule has 2 heteroatoms. The smallest absolute Gasteiger partial charge is 0.302 e. The summed E-state index contributed by atoms with van der Waals surface area (Å²) < 4.78 is 5.44. The van der Waals surface area contributed by atoms with Crippen LogP contribution in [0, 0.1) is 16.7 Å². The summed E-state index contributed by atoms with van der Waals surface area (Å²) in [5, 5.41) is 0. The van der Waals surface area contributed by atoms with Gasteiger partial charge in [0.05, 0.1) is 0 Å². The Bertz CT molecular complexity index is 269. The Morgan fingerprint density at radius 1 is 1.36 bits per heavy atom. The number of carbonyl (C=O) groups is 1. The highest BCUT2D eigenvalue weighted by molar-refractivity contribution is 5.66. The molecule has 80 valence electrons. The van der Waals surface area contributed by atoms with Crippen molar-refractivity contribution in [3.63, 3.8) is 0 Å². The molecule has 2 fully saturated rings. The molecule has 0 aliphatic heterocycles. The molecule has 0 amide bonds. The van der Waals surface area contributed by atoms with E-state index in [0.29, 0.717) is 5.41 Å². The van der Waals surface area contributed by atoms with Crippen molar-refractivity contribution in [3.05, 3.63) is 0 Å².